The number of hydrogen-bond acceptors (Lipinski definition) is 4. The maximum atomic E-state index is 13.0. The fourth-order valence-electron chi connectivity index (χ4n) is 3.50. The summed E-state index contributed by atoms with van der Waals surface area (Å²) in [7, 11) is 0. The molecular weight excluding hydrogens is 350 g/mol. The quantitative estimate of drug-likeness (QED) is 0.490. The van der Waals surface area contributed by atoms with Gasteiger partial charge >= 0.3 is 0 Å². The molecule has 0 fully saturated rings. The molecule has 0 atom stereocenters. The van der Waals surface area contributed by atoms with Crippen LogP contribution in [0.2, 0.25) is 0 Å². The molecule has 0 unspecified atom stereocenters. The number of hydrogen-bond donors (Lipinski definition) is 0. The molecule has 0 aliphatic heterocycles. The van der Waals surface area contributed by atoms with Crippen molar-refractivity contribution in [2.45, 2.75) is 13.5 Å². The van der Waals surface area contributed by atoms with Gasteiger partial charge in [0.05, 0.1) is 12.2 Å². The van der Waals surface area contributed by atoms with Crippen LogP contribution in [0.25, 0.3) is 27.6 Å². The number of nitrogens with zero attached hydrogens (tertiary/aromatic N) is 5. The lowest BCUT2D eigenvalue weighted by Gasteiger charge is -2.09. The van der Waals surface area contributed by atoms with Gasteiger partial charge in [-0.05, 0) is 41.0 Å². The zero-order valence-corrected chi connectivity index (χ0v) is 15.3. The first kappa shape index (κ1) is 16.4. The van der Waals surface area contributed by atoms with E-state index in [1.807, 2.05) is 55.5 Å². The normalized spacial score (nSPS) is 11.3. The van der Waals surface area contributed by atoms with Crippen LogP contribution in [-0.2, 0) is 6.54 Å². The zero-order chi connectivity index (χ0) is 19.1. The molecule has 5 aromatic rings. The Hall–Kier alpha value is -3.80. The molecule has 0 bridgehead atoms. The summed E-state index contributed by atoms with van der Waals surface area (Å²) < 4.78 is 3.19. The first-order valence-electron chi connectivity index (χ1n) is 9.05. The Morgan fingerprint density at radius 2 is 1.79 bits per heavy atom. The van der Waals surface area contributed by atoms with Crippen LogP contribution in [0.3, 0.4) is 0 Å². The molecule has 2 aromatic heterocycles. The maximum absolute atomic E-state index is 13.0. The van der Waals surface area contributed by atoms with Gasteiger partial charge < -0.3 is 0 Å². The van der Waals surface area contributed by atoms with Crippen molar-refractivity contribution in [3.05, 3.63) is 94.5 Å². The van der Waals surface area contributed by atoms with Gasteiger partial charge in [0.2, 0.25) is 0 Å². The lowest BCUT2D eigenvalue weighted by Crippen LogP contribution is -2.21. The van der Waals surface area contributed by atoms with Crippen molar-refractivity contribution in [3.63, 3.8) is 0 Å². The van der Waals surface area contributed by atoms with Crippen LogP contribution in [0, 0.1) is 6.92 Å². The van der Waals surface area contributed by atoms with E-state index in [-0.39, 0.29) is 11.1 Å². The summed E-state index contributed by atoms with van der Waals surface area (Å²) >= 11 is 0. The molecule has 0 radical (unpaired) electrons. The first-order chi connectivity index (χ1) is 13.7. The van der Waals surface area contributed by atoms with E-state index in [1.54, 1.807) is 15.6 Å². The summed E-state index contributed by atoms with van der Waals surface area (Å²) in [5.41, 5.74) is 3.53. The topological polar surface area (TPSA) is 65.6 Å². The Labute approximate surface area is 160 Å². The Balaban J connectivity index is 1.60. The first-order valence-corrected chi connectivity index (χ1v) is 9.05. The average Bonchev–Trinajstić information content (AvgIpc) is 3.15. The third kappa shape index (κ3) is 2.66. The molecule has 0 N–H and O–H groups in total. The Morgan fingerprint density at radius 3 is 2.68 bits per heavy atom. The molecule has 6 nitrogen and oxygen atoms in total. The van der Waals surface area contributed by atoms with Gasteiger partial charge in [0.1, 0.15) is 6.33 Å². The van der Waals surface area contributed by atoms with Crippen LogP contribution < -0.4 is 5.56 Å². The SMILES string of the molecule is Cc1cccc(-n2nnc3c(=O)n(Cc4cccc5ccccc45)cnc32)c1. The molecule has 136 valence electrons. The highest BCUT2D eigenvalue weighted by Gasteiger charge is 2.14. The second kappa shape index (κ2) is 6.42. The minimum Gasteiger partial charge on any atom is -0.293 e. The summed E-state index contributed by atoms with van der Waals surface area (Å²) in [4.78, 5) is 17.5. The largest absolute Gasteiger partial charge is 0.293 e. The lowest BCUT2D eigenvalue weighted by atomic mass is 10.0. The van der Waals surface area contributed by atoms with Crippen LogP contribution >= 0.6 is 0 Å². The molecule has 0 saturated carbocycles. The van der Waals surface area contributed by atoms with Gasteiger partial charge in [0.25, 0.3) is 5.56 Å². The van der Waals surface area contributed by atoms with E-state index in [2.05, 4.69) is 33.5 Å². The van der Waals surface area contributed by atoms with E-state index in [4.69, 9.17) is 0 Å². The van der Waals surface area contributed by atoms with E-state index >= 15 is 0 Å². The van der Waals surface area contributed by atoms with Gasteiger partial charge in [-0.1, -0.05) is 59.8 Å². The van der Waals surface area contributed by atoms with Gasteiger partial charge in [-0.2, -0.15) is 4.68 Å². The summed E-state index contributed by atoms with van der Waals surface area (Å²) in [5.74, 6) is 0. The van der Waals surface area contributed by atoms with Crippen molar-refractivity contribution >= 4 is 21.9 Å². The number of aromatic nitrogens is 5. The van der Waals surface area contributed by atoms with E-state index in [0.717, 1.165) is 27.6 Å². The second-order valence-corrected chi connectivity index (χ2v) is 6.83. The monoisotopic (exact) mass is 367 g/mol. The Morgan fingerprint density at radius 1 is 0.964 bits per heavy atom. The second-order valence-electron chi connectivity index (χ2n) is 6.83. The summed E-state index contributed by atoms with van der Waals surface area (Å²) in [5, 5.41) is 10.5. The fraction of sp³-hybridized carbons (Fsp3) is 0.0909. The van der Waals surface area contributed by atoms with Gasteiger partial charge in [0, 0.05) is 0 Å². The smallest absolute Gasteiger partial charge is 0.283 e. The number of aryl methyl sites for hydroxylation is 1. The molecule has 5 rings (SSSR count). The summed E-state index contributed by atoms with van der Waals surface area (Å²) in [6, 6.07) is 22.1. The van der Waals surface area contributed by atoms with Crippen LogP contribution in [0.5, 0.6) is 0 Å². The van der Waals surface area contributed by atoms with Crippen molar-refractivity contribution in [3.8, 4) is 5.69 Å². The van der Waals surface area contributed by atoms with Crippen LogP contribution in [-0.4, -0.2) is 24.5 Å². The Kier molecular flexibility index (Phi) is 3.76. The van der Waals surface area contributed by atoms with Crippen LogP contribution in [0.4, 0.5) is 0 Å². The number of fused-ring (bicyclic) bond motifs is 2. The van der Waals surface area contributed by atoms with Crippen LogP contribution in [0.1, 0.15) is 11.1 Å². The zero-order valence-electron chi connectivity index (χ0n) is 15.3. The Bertz CT molecular complexity index is 1380. The maximum Gasteiger partial charge on any atom is 0.283 e. The predicted octanol–water partition coefficient (Wildman–Crippen LogP) is 3.49. The van der Waals surface area contributed by atoms with Crippen LogP contribution in [0.15, 0.2) is 77.9 Å². The van der Waals surface area contributed by atoms with Crippen molar-refractivity contribution in [1.29, 1.82) is 0 Å². The molecule has 0 spiro atoms. The lowest BCUT2D eigenvalue weighted by molar-refractivity contribution is 0.749. The number of rotatable bonds is 3. The van der Waals surface area contributed by atoms with Gasteiger partial charge in [-0.3, -0.25) is 9.36 Å². The van der Waals surface area contributed by atoms with Gasteiger partial charge in [-0.25, -0.2) is 4.98 Å². The third-order valence-corrected chi connectivity index (χ3v) is 4.90. The molecule has 3 aromatic carbocycles. The summed E-state index contributed by atoms with van der Waals surface area (Å²) in [6.07, 6.45) is 1.57. The predicted molar refractivity (Wildman–Crippen MR) is 109 cm³/mol. The third-order valence-electron chi connectivity index (χ3n) is 4.90. The molecule has 0 amide bonds. The highest BCUT2D eigenvalue weighted by molar-refractivity contribution is 5.85. The van der Waals surface area contributed by atoms with Gasteiger partial charge in [0.15, 0.2) is 11.2 Å². The van der Waals surface area contributed by atoms with Crippen molar-refractivity contribution < 1.29 is 0 Å². The average molecular weight is 367 g/mol. The highest BCUT2D eigenvalue weighted by Crippen LogP contribution is 2.19. The van der Waals surface area contributed by atoms with Crippen molar-refractivity contribution in [2.75, 3.05) is 0 Å². The van der Waals surface area contributed by atoms with E-state index < -0.39 is 0 Å². The minimum absolute atomic E-state index is 0.197. The van der Waals surface area contributed by atoms with Gasteiger partial charge in [-0.15, -0.1) is 5.10 Å². The molecule has 28 heavy (non-hydrogen) atoms. The molecular formula is C22H17N5O. The van der Waals surface area contributed by atoms with E-state index in [1.165, 1.54) is 0 Å². The van der Waals surface area contributed by atoms with E-state index in [9.17, 15) is 4.79 Å². The molecule has 0 aliphatic rings. The van der Waals surface area contributed by atoms with Crippen molar-refractivity contribution in [1.82, 2.24) is 24.5 Å². The molecule has 0 aliphatic carbocycles. The minimum atomic E-state index is -0.197. The highest BCUT2D eigenvalue weighted by atomic mass is 16.1. The van der Waals surface area contributed by atoms with Crippen molar-refractivity contribution in [2.24, 2.45) is 0 Å². The van der Waals surface area contributed by atoms with E-state index in [0.29, 0.717) is 12.2 Å². The fourth-order valence-corrected chi connectivity index (χ4v) is 3.50. The molecule has 2 heterocycles. The molecule has 0 saturated heterocycles. The standard InChI is InChI=1S/C22H17N5O/c1-15-6-4-10-18(12-15)27-21-20(24-25-27)22(28)26(14-23-21)13-17-9-5-8-16-7-2-3-11-19(16)17/h2-12,14H,13H2,1H3. The molecule has 6 heteroatoms. The number of benzene rings is 3. The summed E-state index contributed by atoms with van der Waals surface area (Å²) in [6.45, 7) is 2.44.